The van der Waals surface area contributed by atoms with Crippen LogP contribution in [0.15, 0.2) is 48.7 Å². The predicted molar refractivity (Wildman–Crippen MR) is 117 cm³/mol. The van der Waals surface area contributed by atoms with Gasteiger partial charge >= 0.3 is 5.97 Å². The Morgan fingerprint density at radius 3 is 2.41 bits per heavy atom. The molecule has 1 heterocycles. The predicted octanol–water partition coefficient (Wildman–Crippen LogP) is 4.28. The number of nitrogens with one attached hydrogen (secondary N) is 1. The van der Waals surface area contributed by atoms with Gasteiger partial charge in [0, 0.05) is 12.1 Å². The summed E-state index contributed by atoms with van der Waals surface area (Å²) in [5, 5.41) is 18.0. The number of hydrogen-bond donors (Lipinski definition) is 1. The van der Waals surface area contributed by atoms with Crippen molar-refractivity contribution >= 4 is 46.5 Å². The number of nitro benzene ring substituents is 1. The highest BCUT2D eigenvalue weighted by Gasteiger charge is 2.21. The monoisotopic (exact) mass is 478 g/mol. The Kier molecular flexibility index (Phi) is 7.29. The fourth-order valence-electron chi connectivity index (χ4n) is 2.60. The lowest BCUT2D eigenvalue weighted by molar-refractivity contribution is -0.384. The van der Waals surface area contributed by atoms with Crippen molar-refractivity contribution in [3.63, 3.8) is 0 Å². The highest BCUT2D eigenvalue weighted by Crippen LogP contribution is 2.30. The van der Waals surface area contributed by atoms with Gasteiger partial charge in [0.25, 0.3) is 11.6 Å². The number of benzene rings is 2. The number of ether oxygens (including phenoxy) is 2. The second kappa shape index (κ2) is 10.1. The van der Waals surface area contributed by atoms with Crippen molar-refractivity contribution in [2.75, 3.05) is 18.5 Å². The first-order valence-corrected chi connectivity index (χ1v) is 9.94. The third-order valence-electron chi connectivity index (χ3n) is 4.06. The van der Waals surface area contributed by atoms with Gasteiger partial charge in [-0.3, -0.25) is 14.9 Å². The molecule has 0 unspecified atom stereocenters. The quantitative estimate of drug-likeness (QED) is 0.290. The van der Waals surface area contributed by atoms with E-state index in [1.54, 1.807) is 25.1 Å². The van der Waals surface area contributed by atoms with Crippen LogP contribution in [0.3, 0.4) is 0 Å². The second-order valence-corrected chi connectivity index (χ2v) is 7.03. The smallest absolute Gasteiger partial charge is 0.362 e. The Bertz CT molecular complexity index is 1140. The molecule has 1 N–H and O–H groups in total. The van der Waals surface area contributed by atoms with E-state index in [9.17, 15) is 19.7 Å². The number of rotatable bonds is 8. The molecule has 0 fully saturated rings. The van der Waals surface area contributed by atoms with Gasteiger partial charge in [-0.1, -0.05) is 29.3 Å². The molecule has 1 amide bonds. The molecule has 2 aromatic carbocycles. The minimum atomic E-state index is -0.752. The Balaban J connectivity index is 1.80. The van der Waals surface area contributed by atoms with Gasteiger partial charge < -0.3 is 14.8 Å². The number of hydrogen-bond acceptors (Lipinski definition) is 7. The SMILES string of the molecule is CCOC(=O)c1nn(-c2ccc([N+](=O)[O-])cc2)cc1OCC(=O)Nc1c(Cl)cccc1Cl. The van der Waals surface area contributed by atoms with Crippen LogP contribution in [-0.4, -0.2) is 39.8 Å². The molecule has 0 saturated carbocycles. The van der Waals surface area contributed by atoms with Gasteiger partial charge in [-0.15, -0.1) is 0 Å². The largest absolute Gasteiger partial charge is 0.480 e. The lowest BCUT2D eigenvalue weighted by Gasteiger charge is -2.10. The van der Waals surface area contributed by atoms with Gasteiger partial charge in [-0.25, -0.2) is 9.48 Å². The van der Waals surface area contributed by atoms with Crippen LogP contribution in [0.1, 0.15) is 17.4 Å². The summed E-state index contributed by atoms with van der Waals surface area (Å²) in [6.45, 7) is 1.26. The van der Waals surface area contributed by atoms with Crippen LogP contribution in [0, 0.1) is 10.1 Å². The number of non-ortho nitro benzene ring substituents is 1. The van der Waals surface area contributed by atoms with Crippen molar-refractivity contribution in [2.24, 2.45) is 0 Å². The van der Waals surface area contributed by atoms with Crippen molar-refractivity contribution in [3.05, 3.63) is 74.5 Å². The molecule has 0 atom stereocenters. The van der Waals surface area contributed by atoms with Gasteiger partial charge in [-0.2, -0.15) is 5.10 Å². The van der Waals surface area contributed by atoms with E-state index in [2.05, 4.69) is 10.4 Å². The maximum atomic E-state index is 12.3. The van der Waals surface area contributed by atoms with Crippen LogP contribution in [0.25, 0.3) is 5.69 Å². The van der Waals surface area contributed by atoms with E-state index in [-0.39, 0.29) is 39.5 Å². The summed E-state index contributed by atoms with van der Waals surface area (Å²) < 4.78 is 11.8. The van der Waals surface area contributed by atoms with Crippen molar-refractivity contribution in [3.8, 4) is 11.4 Å². The zero-order chi connectivity index (χ0) is 23.3. The van der Waals surface area contributed by atoms with Gasteiger partial charge in [-0.05, 0) is 31.2 Å². The minimum Gasteiger partial charge on any atom is -0.480 e. The van der Waals surface area contributed by atoms with Crippen molar-refractivity contribution in [1.82, 2.24) is 9.78 Å². The summed E-state index contributed by atoms with van der Waals surface area (Å²) in [5.74, 6) is -1.34. The summed E-state index contributed by atoms with van der Waals surface area (Å²) in [5.41, 5.74) is 0.409. The summed E-state index contributed by atoms with van der Waals surface area (Å²) in [6.07, 6.45) is 1.36. The number of carbonyl (C=O) groups is 2. The highest BCUT2D eigenvalue weighted by atomic mass is 35.5. The molecular weight excluding hydrogens is 463 g/mol. The molecule has 12 heteroatoms. The molecule has 3 aromatic rings. The molecule has 0 radical (unpaired) electrons. The zero-order valence-electron chi connectivity index (χ0n) is 16.6. The minimum absolute atomic E-state index is 0.0118. The van der Waals surface area contributed by atoms with Crippen LogP contribution in [0.4, 0.5) is 11.4 Å². The number of carbonyl (C=O) groups excluding carboxylic acids is 2. The number of amides is 1. The molecule has 0 spiro atoms. The molecule has 0 bridgehead atoms. The van der Waals surface area contributed by atoms with Crippen molar-refractivity contribution in [1.29, 1.82) is 0 Å². The number of nitrogens with zero attached hydrogens (tertiary/aromatic N) is 3. The molecule has 32 heavy (non-hydrogen) atoms. The lowest BCUT2D eigenvalue weighted by Crippen LogP contribution is -2.21. The van der Waals surface area contributed by atoms with E-state index in [1.807, 2.05) is 0 Å². The van der Waals surface area contributed by atoms with Crippen LogP contribution in [-0.2, 0) is 9.53 Å². The number of para-hydroxylation sites is 1. The Hall–Kier alpha value is -3.63. The highest BCUT2D eigenvalue weighted by molar-refractivity contribution is 6.39. The number of anilines is 1. The molecule has 0 saturated heterocycles. The molecule has 3 rings (SSSR count). The van der Waals surface area contributed by atoms with Gasteiger partial charge in [0.2, 0.25) is 5.69 Å². The van der Waals surface area contributed by atoms with E-state index in [0.29, 0.717) is 5.69 Å². The van der Waals surface area contributed by atoms with E-state index < -0.39 is 23.4 Å². The first-order valence-electron chi connectivity index (χ1n) is 9.18. The maximum absolute atomic E-state index is 12.3. The van der Waals surface area contributed by atoms with Crippen LogP contribution in [0.2, 0.25) is 10.0 Å². The maximum Gasteiger partial charge on any atom is 0.362 e. The van der Waals surface area contributed by atoms with Crippen LogP contribution < -0.4 is 10.1 Å². The number of nitro groups is 1. The van der Waals surface area contributed by atoms with Crippen molar-refractivity contribution < 1.29 is 24.0 Å². The third kappa shape index (κ3) is 5.34. The number of esters is 1. The molecule has 0 aliphatic carbocycles. The fraction of sp³-hybridized carbons (Fsp3) is 0.150. The van der Waals surface area contributed by atoms with Crippen LogP contribution >= 0.6 is 23.2 Å². The zero-order valence-corrected chi connectivity index (χ0v) is 18.1. The van der Waals surface area contributed by atoms with Gasteiger partial charge in [0.05, 0.1) is 39.1 Å². The van der Waals surface area contributed by atoms with E-state index in [4.69, 9.17) is 32.7 Å². The molecular formula is C20H16Cl2N4O6. The van der Waals surface area contributed by atoms with E-state index in [1.165, 1.54) is 35.1 Å². The van der Waals surface area contributed by atoms with Crippen LogP contribution in [0.5, 0.6) is 5.75 Å². The third-order valence-corrected chi connectivity index (χ3v) is 4.69. The average molecular weight is 479 g/mol. The Morgan fingerprint density at radius 1 is 1.16 bits per heavy atom. The van der Waals surface area contributed by atoms with Gasteiger partial charge in [0.1, 0.15) is 0 Å². The summed E-state index contributed by atoms with van der Waals surface area (Å²) in [4.78, 5) is 34.9. The van der Waals surface area contributed by atoms with Crippen molar-refractivity contribution in [2.45, 2.75) is 6.92 Å². The summed E-state index contributed by atoms with van der Waals surface area (Å²) in [6, 6.07) is 10.3. The molecule has 1 aromatic heterocycles. The fourth-order valence-corrected chi connectivity index (χ4v) is 3.09. The lowest BCUT2D eigenvalue weighted by atomic mass is 10.3. The number of halogens is 2. The average Bonchev–Trinajstić information content (AvgIpc) is 3.19. The topological polar surface area (TPSA) is 126 Å². The molecule has 10 nitrogen and oxygen atoms in total. The van der Waals surface area contributed by atoms with Gasteiger partial charge in [0.15, 0.2) is 12.4 Å². The summed E-state index contributed by atoms with van der Waals surface area (Å²) in [7, 11) is 0. The first-order chi connectivity index (χ1) is 15.3. The number of aromatic nitrogens is 2. The second-order valence-electron chi connectivity index (χ2n) is 6.21. The Morgan fingerprint density at radius 2 is 1.81 bits per heavy atom. The Labute approximate surface area is 191 Å². The summed E-state index contributed by atoms with van der Waals surface area (Å²) >= 11 is 12.1. The molecule has 166 valence electrons. The normalized spacial score (nSPS) is 10.5. The molecule has 0 aliphatic heterocycles. The molecule has 0 aliphatic rings. The van der Waals surface area contributed by atoms with E-state index in [0.717, 1.165) is 0 Å². The van der Waals surface area contributed by atoms with E-state index >= 15 is 0 Å². The standard InChI is InChI=1S/C20H16Cl2N4O6/c1-2-31-20(28)19-16(10-25(24-19)12-6-8-13(9-7-12)26(29)30)32-11-17(27)23-18-14(21)4-3-5-15(18)22/h3-10H,2,11H2,1H3,(H,23,27). The first kappa shape index (κ1) is 23.0.